The molecule has 1 aliphatic rings. The molecule has 2 aromatic heterocycles. The van der Waals surface area contributed by atoms with Crippen LogP contribution in [0, 0.1) is 12.8 Å². The van der Waals surface area contributed by atoms with Gasteiger partial charge in [0.2, 0.25) is 0 Å². The molecule has 1 amide bonds. The van der Waals surface area contributed by atoms with Gasteiger partial charge in [0.15, 0.2) is 5.76 Å². The molecule has 0 aliphatic carbocycles. The van der Waals surface area contributed by atoms with Gasteiger partial charge >= 0.3 is 0 Å². The molecule has 5 heteroatoms. The van der Waals surface area contributed by atoms with E-state index in [2.05, 4.69) is 9.55 Å². The zero-order valence-corrected chi connectivity index (χ0v) is 13.5. The highest BCUT2D eigenvalue weighted by Crippen LogP contribution is 2.21. The molecule has 3 heterocycles. The zero-order chi connectivity index (χ0) is 15.7. The van der Waals surface area contributed by atoms with Crippen LogP contribution >= 0.6 is 0 Å². The Morgan fingerprint density at radius 1 is 1.55 bits per heavy atom. The molecule has 1 atom stereocenters. The molecule has 118 valence electrons. The first-order valence-corrected chi connectivity index (χ1v) is 7.93. The van der Waals surface area contributed by atoms with E-state index in [0.29, 0.717) is 11.7 Å². The summed E-state index contributed by atoms with van der Waals surface area (Å²) in [7, 11) is 1.86. The second kappa shape index (κ2) is 5.99. The van der Waals surface area contributed by atoms with Crippen LogP contribution in [0.1, 0.15) is 41.0 Å². The number of aromatic nitrogens is 2. The third kappa shape index (κ3) is 2.80. The summed E-state index contributed by atoms with van der Waals surface area (Å²) in [5, 5.41) is 0. The standard InChI is InChI=1S/C17H23N3O2/c1-4-14-9-12(2)16(22-14)17(21)19(3)10-13-5-6-15-18-7-8-20(15)11-13/h7-9,13H,4-6,10-11H2,1-3H3. The number of furan rings is 1. The number of carbonyl (C=O) groups is 1. The topological polar surface area (TPSA) is 51.3 Å². The van der Waals surface area contributed by atoms with E-state index in [1.807, 2.05) is 39.4 Å². The van der Waals surface area contributed by atoms with Crippen molar-refractivity contribution in [1.29, 1.82) is 0 Å². The molecular weight excluding hydrogens is 278 g/mol. The Morgan fingerprint density at radius 2 is 2.36 bits per heavy atom. The Bertz CT molecular complexity index is 671. The van der Waals surface area contributed by atoms with Crippen molar-refractivity contribution in [3.63, 3.8) is 0 Å². The summed E-state index contributed by atoms with van der Waals surface area (Å²) in [6.45, 7) is 5.64. The Kier molecular flexibility index (Phi) is 4.05. The van der Waals surface area contributed by atoms with Gasteiger partial charge in [0.1, 0.15) is 11.6 Å². The number of imidazole rings is 1. The van der Waals surface area contributed by atoms with Gasteiger partial charge in [0, 0.05) is 50.9 Å². The highest BCUT2D eigenvalue weighted by molar-refractivity contribution is 5.92. The van der Waals surface area contributed by atoms with Crippen LogP contribution in [0.4, 0.5) is 0 Å². The molecule has 0 bridgehead atoms. The van der Waals surface area contributed by atoms with Crippen LogP contribution < -0.4 is 0 Å². The molecule has 0 saturated heterocycles. The number of carbonyl (C=O) groups excluding carboxylic acids is 1. The monoisotopic (exact) mass is 301 g/mol. The van der Waals surface area contributed by atoms with E-state index in [4.69, 9.17) is 4.42 Å². The van der Waals surface area contributed by atoms with Gasteiger partial charge in [-0.2, -0.15) is 0 Å². The molecule has 5 nitrogen and oxygen atoms in total. The summed E-state index contributed by atoms with van der Waals surface area (Å²) in [4.78, 5) is 18.7. The fraction of sp³-hybridized carbons (Fsp3) is 0.529. The van der Waals surface area contributed by atoms with Crippen LogP contribution in [0.15, 0.2) is 22.9 Å². The van der Waals surface area contributed by atoms with E-state index in [9.17, 15) is 4.79 Å². The molecular formula is C17H23N3O2. The fourth-order valence-electron chi connectivity index (χ4n) is 3.16. The molecule has 1 unspecified atom stereocenters. The molecule has 0 saturated carbocycles. The summed E-state index contributed by atoms with van der Waals surface area (Å²) < 4.78 is 7.87. The average molecular weight is 301 g/mol. The van der Waals surface area contributed by atoms with Gasteiger partial charge in [-0.05, 0) is 25.3 Å². The first-order valence-electron chi connectivity index (χ1n) is 7.93. The number of fused-ring (bicyclic) bond motifs is 1. The van der Waals surface area contributed by atoms with Crippen LogP contribution in [0.5, 0.6) is 0 Å². The predicted molar refractivity (Wildman–Crippen MR) is 83.8 cm³/mol. The Hall–Kier alpha value is -2.04. The second-order valence-electron chi connectivity index (χ2n) is 6.16. The third-order valence-corrected chi connectivity index (χ3v) is 4.42. The molecule has 0 N–H and O–H groups in total. The maximum absolute atomic E-state index is 12.6. The quantitative estimate of drug-likeness (QED) is 0.872. The highest BCUT2D eigenvalue weighted by atomic mass is 16.4. The van der Waals surface area contributed by atoms with Crippen molar-refractivity contribution in [2.75, 3.05) is 13.6 Å². The number of rotatable bonds is 4. The number of hydrogen-bond acceptors (Lipinski definition) is 3. The molecule has 2 aromatic rings. The SMILES string of the molecule is CCc1cc(C)c(C(=O)N(C)CC2CCc3nccn3C2)o1. The number of hydrogen-bond donors (Lipinski definition) is 0. The van der Waals surface area contributed by atoms with Gasteiger partial charge in [0.05, 0.1) is 0 Å². The van der Waals surface area contributed by atoms with Crippen LogP contribution in [0.25, 0.3) is 0 Å². The highest BCUT2D eigenvalue weighted by Gasteiger charge is 2.24. The van der Waals surface area contributed by atoms with Crippen molar-refractivity contribution in [3.8, 4) is 0 Å². The van der Waals surface area contributed by atoms with Crippen molar-refractivity contribution in [2.45, 2.75) is 39.7 Å². The summed E-state index contributed by atoms with van der Waals surface area (Å²) in [5.74, 6) is 2.96. The lowest BCUT2D eigenvalue weighted by Crippen LogP contribution is -2.35. The summed E-state index contributed by atoms with van der Waals surface area (Å²) >= 11 is 0. The first-order chi connectivity index (χ1) is 10.6. The smallest absolute Gasteiger partial charge is 0.289 e. The first kappa shape index (κ1) is 14.9. The minimum absolute atomic E-state index is 0.0198. The van der Waals surface area contributed by atoms with E-state index in [1.165, 1.54) is 0 Å². The van der Waals surface area contributed by atoms with E-state index in [-0.39, 0.29) is 5.91 Å². The lowest BCUT2D eigenvalue weighted by atomic mass is 9.99. The lowest BCUT2D eigenvalue weighted by Gasteiger charge is -2.27. The molecule has 0 fully saturated rings. The molecule has 0 spiro atoms. The van der Waals surface area contributed by atoms with Crippen molar-refractivity contribution >= 4 is 5.91 Å². The maximum atomic E-state index is 12.6. The summed E-state index contributed by atoms with van der Waals surface area (Å²) in [6, 6.07) is 1.96. The van der Waals surface area contributed by atoms with Crippen LogP contribution in [-0.4, -0.2) is 34.0 Å². The molecule has 1 aliphatic heterocycles. The predicted octanol–water partition coefficient (Wildman–Crippen LogP) is 2.68. The lowest BCUT2D eigenvalue weighted by molar-refractivity contribution is 0.0726. The second-order valence-corrected chi connectivity index (χ2v) is 6.16. The van der Waals surface area contributed by atoms with Gasteiger partial charge in [-0.1, -0.05) is 6.92 Å². The molecule has 22 heavy (non-hydrogen) atoms. The van der Waals surface area contributed by atoms with Crippen molar-refractivity contribution < 1.29 is 9.21 Å². The minimum Gasteiger partial charge on any atom is -0.456 e. The zero-order valence-electron chi connectivity index (χ0n) is 13.5. The Morgan fingerprint density at radius 3 is 3.09 bits per heavy atom. The molecule has 0 aromatic carbocycles. The van der Waals surface area contributed by atoms with Crippen LogP contribution in [0.3, 0.4) is 0 Å². The molecule has 3 rings (SSSR count). The van der Waals surface area contributed by atoms with Crippen LogP contribution in [-0.2, 0) is 19.4 Å². The fourth-order valence-corrected chi connectivity index (χ4v) is 3.16. The largest absolute Gasteiger partial charge is 0.456 e. The van der Waals surface area contributed by atoms with Crippen molar-refractivity contribution in [2.24, 2.45) is 5.92 Å². The number of aryl methyl sites for hydroxylation is 3. The average Bonchev–Trinajstić information content (AvgIpc) is 3.12. The van der Waals surface area contributed by atoms with Crippen LogP contribution in [0.2, 0.25) is 0 Å². The number of nitrogens with zero attached hydrogens (tertiary/aromatic N) is 3. The summed E-state index contributed by atoms with van der Waals surface area (Å²) in [5.41, 5.74) is 0.925. The van der Waals surface area contributed by atoms with E-state index in [0.717, 1.165) is 49.5 Å². The van der Waals surface area contributed by atoms with Gasteiger partial charge < -0.3 is 13.9 Å². The van der Waals surface area contributed by atoms with E-state index >= 15 is 0 Å². The van der Waals surface area contributed by atoms with Gasteiger partial charge in [-0.3, -0.25) is 4.79 Å². The van der Waals surface area contributed by atoms with E-state index in [1.54, 1.807) is 4.90 Å². The number of amides is 1. The van der Waals surface area contributed by atoms with Gasteiger partial charge in [-0.15, -0.1) is 0 Å². The normalized spacial score (nSPS) is 17.3. The van der Waals surface area contributed by atoms with Gasteiger partial charge in [0.25, 0.3) is 5.91 Å². The summed E-state index contributed by atoms with van der Waals surface area (Å²) in [6.07, 6.45) is 6.74. The van der Waals surface area contributed by atoms with E-state index < -0.39 is 0 Å². The minimum atomic E-state index is -0.0198. The maximum Gasteiger partial charge on any atom is 0.289 e. The van der Waals surface area contributed by atoms with Gasteiger partial charge in [-0.25, -0.2) is 4.98 Å². The Balaban J connectivity index is 1.65. The molecule has 0 radical (unpaired) electrons. The Labute approximate surface area is 130 Å². The van der Waals surface area contributed by atoms with Crippen molar-refractivity contribution in [3.05, 3.63) is 41.4 Å². The third-order valence-electron chi connectivity index (χ3n) is 4.42. The van der Waals surface area contributed by atoms with Crippen molar-refractivity contribution in [1.82, 2.24) is 14.5 Å².